The molecule has 1 aromatic heterocycles. The van der Waals surface area contributed by atoms with Crippen molar-refractivity contribution < 1.29 is 9.84 Å². The van der Waals surface area contributed by atoms with Gasteiger partial charge in [-0.2, -0.15) is 0 Å². The van der Waals surface area contributed by atoms with Gasteiger partial charge in [-0.1, -0.05) is 24.3 Å². The SMILES string of the molecule is OCCN1CCC2(CC1)C[C@H](NCc1ccccn1)c1ccccc1O2. The fraction of sp³-hybridized carbons (Fsp3) is 0.476. The van der Waals surface area contributed by atoms with Gasteiger partial charge in [-0.3, -0.25) is 4.98 Å². The Hall–Kier alpha value is -1.95. The lowest BCUT2D eigenvalue weighted by Crippen LogP contribution is -2.52. The molecule has 0 aliphatic carbocycles. The monoisotopic (exact) mass is 353 g/mol. The molecule has 0 saturated carbocycles. The van der Waals surface area contributed by atoms with Crippen LogP contribution in [-0.4, -0.2) is 46.8 Å². The van der Waals surface area contributed by atoms with E-state index in [1.807, 2.05) is 18.3 Å². The number of rotatable bonds is 5. The summed E-state index contributed by atoms with van der Waals surface area (Å²) in [6.45, 7) is 3.71. The van der Waals surface area contributed by atoms with E-state index in [9.17, 15) is 5.11 Å². The Kier molecular flexibility index (Phi) is 5.20. The van der Waals surface area contributed by atoms with E-state index in [1.165, 1.54) is 5.56 Å². The smallest absolute Gasteiger partial charge is 0.124 e. The minimum atomic E-state index is -0.109. The average molecular weight is 353 g/mol. The standard InChI is InChI=1S/C21H27N3O2/c25-14-13-24-11-8-21(9-12-24)15-19(18-6-1-2-7-20(18)26-21)23-16-17-5-3-4-10-22-17/h1-7,10,19,23,25H,8-9,11-16H2/t19-/m0/s1. The van der Waals surface area contributed by atoms with Gasteiger partial charge in [0.25, 0.3) is 0 Å². The number of β-amino-alcohol motifs (C(OH)–C–C–N with tert-alkyl or cyclic N) is 1. The molecular weight excluding hydrogens is 326 g/mol. The largest absolute Gasteiger partial charge is 0.487 e. The minimum absolute atomic E-state index is 0.109. The van der Waals surface area contributed by atoms with E-state index in [1.54, 1.807) is 0 Å². The number of aromatic nitrogens is 1. The molecule has 1 saturated heterocycles. The van der Waals surface area contributed by atoms with Gasteiger partial charge in [0.15, 0.2) is 0 Å². The number of hydrogen-bond acceptors (Lipinski definition) is 5. The third-order valence-corrected chi connectivity index (χ3v) is 5.64. The number of aliphatic hydroxyl groups is 1. The Labute approximate surface area is 155 Å². The fourth-order valence-electron chi connectivity index (χ4n) is 4.16. The van der Waals surface area contributed by atoms with Gasteiger partial charge in [0, 0.05) is 50.4 Å². The first-order valence-corrected chi connectivity index (χ1v) is 9.52. The summed E-state index contributed by atoms with van der Waals surface area (Å²) >= 11 is 0. The summed E-state index contributed by atoms with van der Waals surface area (Å²) in [5.74, 6) is 1.01. The van der Waals surface area contributed by atoms with E-state index in [0.29, 0.717) is 0 Å². The normalized spacial score (nSPS) is 22.0. The first-order valence-electron chi connectivity index (χ1n) is 9.52. The molecule has 0 unspecified atom stereocenters. The number of nitrogens with zero attached hydrogens (tertiary/aromatic N) is 2. The number of nitrogens with one attached hydrogen (secondary N) is 1. The molecule has 1 atom stereocenters. The lowest BCUT2D eigenvalue weighted by Gasteiger charge is -2.47. The van der Waals surface area contributed by atoms with Crippen molar-refractivity contribution in [3.05, 3.63) is 59.9 Å². The van der Waals surface area contributed by atoms with Crippen molar-refractivity contribution in [2.24, 2.45) is 0 Å². The highest BCUT2D eigenvalue weighted by Crippen LogP contribution is 2.44. The van der Waals surface area contributed by atoms with Gasteiger partial charge >= 0.3 is 0 Å². The molecule has 2 aromatic rings. The first kappa shape index (κ1) is 17.5. The van der Waals surface area contributed by atoms with Crippen LogP contribution in [0.3, 0.4) is 0 Å². The zero-order valence-corrected chi connectivity index (χ0v) is 15.1. The van der Waals surface area contributed by atoms with E-state index < -0.39 is 0 Å². The van der Waals surface area contributed by atoms with Gasteiger partial charge < -0.3 is 20.1 Å². The lowest BCUT2D eigenvalue weighted by atomic mass is 9.80. The molecule has 3 heterocycles. The molecule has 2 N–H and O–H groups in total. The first-order chi connectivity index (χ1) is 12.8. The van der Waals surface area contributed by atoms with Crippen molar-refractivity contribution in [3.63, 3.8) is 0 Å². The summed E-state index contributed by atoms with van der Waals surface area (Å²) in [6.07, 6.45) is 4.82. The Morgan fingerprint density at radius 3 is 2.73 bits per heavy atom. The van der Waals surface area contributed by atoms with Crippen molar-refractivity contribution >= 4 is 0 Å². The molecule has 0 amide bonds. The molecule has 2 aliphatic heterocycles. The maximum Gasteiger partial charge on any atom is 0.124 e. The zero-order chi connectivity index (χ0) is 17.8. The second kappa shape index (κ2) is 7.74. The molecule has 0 radical (unpaired) electrons. The predicted octanol–water partition coefficient (Wildman–Crippen LogP) is 2.52. The van der Waals surface area contributed by atoms with Gasteiger partial charge in [0.2, 0.25) is 0 Å². The Balaban J connectivity index is 1.50. The Morgan fingerprint density at radius 2 is 1.96 bits per heavy atom. The van der Waals surface area contributed by atoms with Gasteiger partial charge in [0.1, 0.15) is 11.4 Å². The van der Waals surface area contributed by atoms with E-state index in [2.05, 4.69) is 45.5 Å². The van der Waals surface area contributed by atoms with Crippen molar-refractivity contribution in [1.82, 2.24) is 15.2 Å². The molecule has 1 aromatic carbocycles. The Bertz CT molecular complexity index is 714. The van der Waals surface area contributed by atoms with Crippen molar-refractivity contribution in [1.29, 1.82) is 0 Å². The van der Waals surface area contributed by atoms with Crippen LogP contribution in [0, 0.1) is 0 Å². The number of piperidine rings is 1. The molecule has 26 heavy (non-hydrogen) atoms. The summed E-state index contributed by atoms with van der Waals surface area (Å²) in [5.41, 5.74) is 2.19. The molecule has 0 bridgehead atoms. The lowest BCUT2D eigenvalue weighted by molar-refractivity contribution is -0.0278. The zero-order valence-electron chi connectivity index (χ0n) is 15.1. The van der Waals surface area contributed by atoms with Crippen molar-refractivity contribution in [3.8, 4) is 5.75 Å². The molecular formula is C21H27N3O2. The van der Waals surface area contributed by atoms with E-state index in [4.69, 9.17) is 4.74 Å². The highest BCUT2D eigenvalue weighted by Gasteiger charge is 2.42. The highest BCUT2D eigenvalue weighted by molar-refractivity contribution is 5.39. The van der Waals surface area contributed by atoms with Gasteiger partial charge in [-0.15, -0.1) is 0 Å². The maximum atomic E-state index is 9.18. The number of likely N-dealkylation sites (tertiary alicyclic amines) is 1. The number of benzene rings is 1. The third kappa shape index (κ3) is 3.75. The fourth-order valence-corrected chi connectivity index (χ4v) is 4.16. The number of fused-ring (bicyclic) bond motifs is 1. The van der Waals surface area contributed by atoms with Crippen LogP contribution in [0.15, 0.2) is 48.7 Å². The van der Waals surface area contributed by atoms with Crippen LogP contribution in [0.2, 0.25) is 0 Å². The topological polar surface area (TPSA) is 57.6 Å². The third-order valence-electron chi connectivity index (χ3n) is 5.64. The van der Waals surface area contributed by atoms with Gasteiger partial charge in [-0.25, -0.2) is 0 Å². The van der Waals surface area contributed by atoms with Crippen LogP contribution in [0.1, 0.15) is 36.6 Å². The Morgan fingerprint density at radius 1 is 1.15 bits per heavy atom. The molecule has 2 aliphatic rings. The minimum Gasteiger partial charge on any atom is -0.487 e. The van der Waals surface area contributed by atoms with Crippen LogP contribution >= 0.6 is 0 Å². The van der Waals surface area contributed by atoms with Crippen LogP contribution in [0.5, 0.6) is 5.75 Å². The molecule has 5 heteroatoms. The van der Waals surface area contributed by atoms with Gasteiger partial charge in [-0.05, 0) is 31.0 Å². The van der Waals surface area contributed by atoms with E-state index in [-0.39, 0.29) is 18.2 Å². The predicted molar refractivity (Wildman–Crippen MR) is 101 cm³/mol. The highest BCUT2D eigenvalue weighted by atomic mass is 16.5. The number of para-hydroxylation sites is 1. The van der Waals surface area contributed by atoms with Crippen molar-refractivity contribution in [2.45, 2.75) is 37.5 Å². The van der Waals surface area contributed by atoms with Crippen LogP contribution in [0.25, 0.3) is 0 Å². The van der Waals surface area contributed by atoms with Crippen molar-refractivity contribution in [2.75, 3.05) is 26.2 Å². The average Bonchev–Trinajstić information content (AvgIpc) is 2.69. The second-order valence-electron chi connectivity index (χ2n) is 7.35. The summed E-state index contributed by atoms with van der Waals surface area (Å²) in [5, 5.41) is 12.9. The number of pyridine rings is 1. The molecule has 1 spiro atoms. The van der Waals surface area contributed by atoms with Gasteiger partial charge in [0.05, 0.1) is 12.3 Å². The number of ether oxygens (including phenoxy) is 1. The second-order valence-corrected chi connectivity index (χ2v) is 7.35. The molecule has 1 fully saturated rings. The van der Waals surface area contributed by atoms with E-state index in [0.717, 1.165) is 56.9 Å². The summed E-state index contributed by atoms with van der Waals surface area (Å²) < 4.78 is 6.52. The molecule has 138 valence electrons. The van der Waals surface area contributed by atoms with E-state index >= 15 is 0 Å². The summed E-state index contributed by atoms with van der Waals surface area (Å²) in [7, 11) is 0. The quantitative estimate of drug-likeness (QED) is 0.865. The van der Waals surface area contributed by atoms with Crippen LogP contribution < -0.4 is 10.1 Å². The molecule has 5 nitrogen and oxygen atoms in total. The van der Waals surface area contributed by atoms with Crippen LogP contribution in [-0.2, 0) is 6.54 Å². The summed E-state index contributed by atoms with van der Waals surface area (Å²) in [4.78, 5) is 6.75. The number of aliphatic hydroxyl groups excluding tert-OH is 1. The maximum absolute atomic E-state index is 9.18. The summed E-state index contributed by atoms with van der Waals surface area (Å²) in [6, 6.07) is 14.7. The number of hydrogen-bond donors (Lipinski definition) is 2. The molecule has 4 rings (SSSR count). The van der Waals surface area contributed by atoms with Crippen LogP contribution in [0.4, 0.5) is 0 Å².